The average molecular weight is 289 g/mol. The molecular formula is C17H23NO3. The summed E-state index contributed by atoms with van der Waals surface area (Å²) in [5, 5.41) is 2.65. The van der Waals surface area contributed by atoms with E-state index < -0.39 is 11.7 Å². The van der Waals surface area contributed by atoms with Gasteiger partial charge in [-0.15, -0.1) is 0 Å². The first-order valence-electron chi connectivity index (χ1n) is 7.08. The van der Waals surface area contributed by atoms with Crippen molar-refractivity contribution in [1.29, 1.82) is 0 Å². The number of ketones is 1. The van der Waals surface area contributed by atoms with E-state index in [2.05, 4.69) is 5.32 Å². The largest absolute Gasteiger partial charge is 0.444 e. The van der Waals surface area contributed by atoms with E-state index in [4.69, 9.17) is 4.74 Å². The summed E-state index contributed by atoms with van der Waals surface area (Å²) < 4.78 is 5.12. The van der Waals surface area contributed by atoms with Crippen molar-refractivity contribution in [3.8, 4) is 0 Å². The zero-order valence-electron chi connectivity index (χ0n) is 13.1. The molecule has 114 valence electrons. The molecule has 0 radical (unpaired) electrons. The maximum Gasteiger partial charge on any atom is 0.407 e. The lowest BCUT2D eigenvalue weighted by Gasteiger charge is -2.19. The molecule has 0 spiro atoms. The number of alkyl carbamates (subject to hydrolysis) is 1. The highest BCUT2D eigenvalue weighted by Crippen LogP contribution is 2.08. The van der Waals surface area contributed by atoms with Gasteiger partial charge >= 0.3 is 6.09 Å². The third-order valence-corrected chi connectivity index (χ3v) is 2.63. The minimum atomic E-state index is -0.491. The van der Waals surface area contributed by atoms with Gasteiger partial charge in [0.1, 0.15) is 5.60 Å². The second-order valence-electron chi connectivity index (χ2n) is 5.68. The molecule has 0 heterocycles. The Morgan fingerprint density at radius 2 is 1.81 bits per heavy atom. The Balaban J connectivity index is 2.44. The van der Waals surface area contributed by atoms with E-state index in [-0.39, 0.29) is 5.78 Å². The second kappa shape index (κ2) is 7.62. The number of hydrogen-bond donors (Lipinski definition) is 1. The molecule has 4 nitrogen and oxygen atoms in total. The van der Waals surface area contributed by atoms with Crippen molar-refractivity contribution in [2.75, 3.05) is 6.54 Å². The van der Waals surface area contributed by atoms with Crippen LogP contribution in [0.5, 0.6) is 0 Å². The highest BCUT2D eigenvalue weighted by atomic mass is 16.6. The van der Waals surface area contributed by atoms with Gasteiger partial charge in [-0.1, -0.05) is 43.3 Å². The average Bonchev–Trinajstić information content (AvgIpc) is 2.41. The molecule has 0 atom stereocenters. The molecule has 0 bridgehead atoms. The molecule has 1 aromatic carbocycles. The molecule has 0 saturated heterocycles. The molecule has 4 heteroatoms. The molecule has 0 aromatic heterocycles. The zero-order chi connectivity index (χ0) is 15.9. The van der Waals surface area contributed by atoms with Gasteiger partial charge in [-0.25, -0.2) is 4.79 Å². The predicted octanol–water partition coefficient (Wildman–Crippen LogP) is 3.82. The van der Waals surface area contributed by atoms with Crippen LogP contribution in [0.1, 0.15) is 50.0 Å². The first-order chi connectivity index (χ1) is 9.81. The summed E-state index contributed by atoms with van der Waals surface area (Å²) in [5.74, 6) is 0.136. The monoisotopic (exact) mass is 289 g/mol. The van der Waals surface area contributed by atoms with Gasteiger partial charge in [0.25, 0.3) is 0 Å². The smallest absolute Gasteiger partial charge is 0.407 e. The van der Waals surface area contributed by atoms with Crippen LogP contribution in [-0.2, 0) is 4.74 Å². The lowest BCUT2D eigenvalue weighted by molar-refractivity contribution is 0.0534. The predicted molar refractivity (Wildman–Crippen MR) is 84.3 cm³/mol. The Labute approximate surface area is 126 Å². The molecule has 1 aromatic rings. The normalized spacial score (nSPS) is 11.4. The van der Waals surface area contributed by atoms with Crippen LogP contribution in [0.2, 0.25) is 0 Å². The summed E-state index contributed by atoms with van der Waals surface area (Å²) in [5.41, 5.74) is 1.21. The van der Waals surface area contributed by atoms with Gasteiger partial charge in [0.05, 0.1) is 0 Å². The quantitative estimate of drug-likeness (QED) is 0.838. The fraction of sp³-hybridized carbons (Fsp3) is 0.412. The Morgan fingerprint density at radius 1 is 1.19 bits per heavy atom. The molecule has 0 fully saturated rings. The van der Waals surface area contributed by atoms with Crippen LogP contribution in [0.25, 0.3) is 6.08 Å². The summed E-state index contributed by atoms with van der Waals surface area (Å²) in [6.45, 7) is 7.70. The number of ether oxygens (including phenoxy) is 1. The van der Waals surface area contributed by atoms with Crippen molar-refractivity contribution < 1.29 is 14.3 Å². The van der Waals surface area contributed by atoms with Gasteiger partial charge in [-0.3, -0.25) is 4.79 Å². The zero-order valence-corrected chi connectivity index (χ0v) is 13.1. The number of carbonyl (C=O) groups excluding carboxylic acids is 2. The van der Waals surface area contributed by atoms with E-state index in [1.807, 2.05) is 64.1 Å². The van der Waals surface area contributed by atoms with Gasteiger partial charge in [0.15, 0.2) is 5.78 Å². The van der Waals surface area contributed by atoms with Crippen molar-refractivity contribution in [3.05, 3.63) is 41.5 Å². The Morgan fingerprint density at radius 3 is 2.33 bits per heavy atom. The molecular weight excluding hydrogens is 266 g/mol. The Hall–Kier alpha value is -2.10. The van der Waals surface area contributed by atoms with E-state index in [0.29, 0.717) is 13.0 Å². The first-order valence-corrected chi connectivity index (χ1v) is 7.08. The maximum atomic E-state index is 11.5. The van der Waals surface area contributed by atoms with Crippen LogP contribution in [0.4, 0.5) is 4.79 Å². The number of hydrogen-bond acceptors (Lipinski definition) is 3. The van der Waals surface area contributed by atoms with Crippen molar-refractivity contribution in [3.63, 3.8) is 0 Å². The number of Topliss-reactive ketones (excluding diaryl/α,β-unsaturated/α-hetero) is 1. The van der Waals surface area contributed by atoms with Gasteiger partial charge in [0, 0.05) is 18.5 Å². The van der Waals surface area contributed by atoms with Crippen molar-refractivity contribution >= 4 is 18.0 Å². The highest BCUT2D eigenvalue weighted by molar-refractivity contribution is 5.95. The highest BCUT2D eigenvalue weighted by Gasteiger charge is 2.14. The molecule has 0 unspecified atom stereocenters. The molecule has 1 N–H and O–H groups in total. The van der Waals surface area contributed by atoms with Crippen LogP contribution in [0, 0.1) is 0 Å². The standard InChI is InChI=1S/C17H23NO3/c1-5-15(19)14-10-8-13(9-11-14)7-6-12-18-16(20)21-17(2,3)4/h6-11H,5,12H2,1-4H3,(H,18,20). The number of benzene rings is 1. The topological polar surface area (TPSA) is 55.4 Å². The van der Waals surface area contributed by atoms with Crippen molar-refractivity contribution in [1.82, 2.24) is 5.32 Å². The third-order valence-electron chi connectivity index (χ3n) is 2.63. The molecule has 0 saturated carbocycles. The van der Waals surface area contributed by atoms with Crippen LogP contribution < -0.4 is 5.32 Å². The van der Waals surface area contributed by atoms with Crippen molar-refractivity contribution in [2.24, 2.45) is 0 Å². The molecule has 1 amide bonds. The van der Waals surface area contributed by atoms with Gasteiger partial charge in [-0.2, -0.15) is 0 Å². The molecule has 21 heavy (non-hydrogen) atoms. The van der Waals surface area contributed by atoms with Crippen LogP contribution in [0.3, 0.4) is 0 Å². The summed E-state index contributed by atoms with van der Waals surface area (Å²) in [6, 6.07) is 7.39. The van der Waals surface area contributed by atoms with Crippen molar-refractivity contribution in [2.45, 2.75) is 39.7 Å². The second-order valence-corrected chi connectivity index (χ2v) is 5.68. The van der Waals surface area contributed by atoms with Crippen LogP contribution in [-0.4, -0.2) is 24.0 Å². The molecule has 0 aliphatic carbocycles. The minimum Gasteiger partial charge on any atom is -0.444 e. The Bertz CT molecular complexity index is 510. The number of nitrogens with one attached hydrogen (secondary N) is 1. The SMILES string of the molecule is CCC(=O)c1ccc(C=CCNC(=O)OC(C)(C)C)cc1. The first kappa shape index (κ1) is 17.0. The summed E-state index contributed by atoms with van der Waals surface area (Å²) in [4.78, 5) is 22.9. The fourth-order valence-electron chi connectivity index (χ4n) is 1.64. The van der Waals surface area contributed by atoms with E-state index in [1.54, 1.807) is 0 Å². The third kappa shape index (κ3) is 6.75. The number of carbonyl (C=O) groups is 2. The Kier molecular flexibility index (Phi) is 6.15. The van der Waals surface area contributed by atoms with Crippen LogP contribution >= 0.6 is 0 Å². The van der Waals surface area contributed by atoms with Gasteiger partial charge in [0.2, 0.25) is 0 Å². The van der Waals surface area contributed by atoms with Crippen LogP contribution in [0.15, 0.2) is 30.3 Å². The summed E-state index contributed by atoms with van der Waals surface area (Å²) in [7, 11) is 0. The van der Waals surface area contributed by atoms with E-state index in [9.17, 15) is 9.59 Å². The maximum absolute atomic E-state index is 11.5. The van der Waals surface area contributed by atoms with Gasteiger partial charge < -0.3 is 10.1 Å². The minimum absolute atomic E-state index is 0.136. The number of amides is 1. The molecule has 0 aliphatic heterocycles. The fourth-order valence-corrected chi connectivity index (χ4v) is 1.64. The summed E-state index contributed by atoms with van der Waals surface area (Å²) in [6.07, 6.45) is 3.80. The van der Waals surface area contributed by atoms with Gasteiger partial charge in [-0.05, 0) is 26.3 Å². The van der Waals surface area contributed by atoms with E-state index in [0.717, 1.165) is 11.1 Å². The lowest BCUT2D eigenvalue weighted by atomic mass is 10.1. The number of rotatable bonds is 5. The van der Waals surface area contributed by atoms with E-state index in [1.165, 1.54) is 0 Å². The molecule has 0 aliphatic rings. The lowest BCUT2D eigenvalue weighted by Crippen LogP contribution is -2.32. The summed E-state index contributed by atoms with van der Waals surface area (Å²) >= 11 is 0. The van der Waals surface area contributed by atoms with E-state index >= 15 is 0 Å². The molecule has 1 rings (SSSR count).